The molecule has 3 N–H and O–H groups in total. The molecule has 2 fully saturated rings. The van der Waals surface area contributed by atoms with E-state index in [1.54, 1.807) is 12.3 Å². The van der Waals surface area contributed by atoms with Crippen LogP contribution < -0.4 is 11.0 Å². The maximum absolute atomic E-state index is 13.5. The molecule has 0 aromatic carbocycles. The molecule has 4 rings (SSSR count). The minimum absolute atomic E-state index is 0.0360. The molecule has 2 aliphatic carbocycles. The lowest BCUT2D eigenvalue weighted by Gasteiger charge is -2.26. The van der Waals surface area contributed by atoms with E-state index in [0.717, 1.165) is 38.5 Å². The van der Waals surface area contributed by atoms with Gasteiger partial charge in [0.25, 0.3) is 0 Å². The number of carbonyl (C=O) groups is 2. The summed E-state index contributed by atoms with van der Waals surface area (Å²) in [5.74, 6) is -0.116. The van der Waals surface area contributed by atoms with Crippen LogP contribution in [0.25, 0.3) is 0 Å². The van der Waals surface area contributed by atoms with E-state index in [0.29, 0.717) is 47.8 Å². The Labute approximate surface area is 215 Å². The van der Waals surface area contributed by atoms with Gasteiger partial charge in [-0.25, -0.2) is 9.78 Å². The van der Waals surface area contributed by atoms with E-state index in [1.165, 1.54) is 41.6 Å². The lowest BCUT2D eigenvalue weighted by molar-refractivity contribution is -0.142. The Balaban J connectivity index is 1.53. The van der Waals surface area contributed by atoms with Crippen LogP contribution in [0.3, 0.4) is 0 Å². The van der Waals surface area contributed by atoms with Crippen LogP contribution in [0.5, 0.6) is 5.88 Å². The van der Waals surface area contributed by atoms with Gasteiger partial charge < -0.3 is 20.1 Å². The summed E-state index contributed by atoms with van der Waals surface area (Å²) in [6.07, 6.45) is 12.4. The average molecular weight is 519 g/mol. The summed E-state index contributed by atoms with van der Waals surface area (Å²) in [6, 6.07) is -0.839. The third-order valence-corrected chi connectivity index (χ3v) is 8.31. The van der Waals surface area contributed by atoms with Gasteiger partial charge in [0.05, 0.1) is 24.4 Å². The van der Waals surface area contributed by atoms with E-state index >= 15 is 0 Å². The van der Waals surface area contributed by atoms with Gasteiger partial charge in [0.1, 0.15) is 6.04 Å². The van der Waals surface area contributed by atoms with Gasteiger partial charge in [0, 0.05) is 5.38 Å². The molecule has 1 amide bonds. The van der Waals surface area contributed by atoms with Gasteiger partial charge in [-0.3, -0.25) is 14.2 Å². The quantitative estimate of drug-likeness (QED) is 0.391. The molecule has 2 heterocycles. The summed E-state index contributed by atoms with van der Waals surface area (Å²) < 4.78 is 6.21. The molecule has 10 heteroatoms. The smallest absolute Gasteiger partial charge is 0.329 e. The van der Waals surface area contributed by atoms with E-state index in [2.05, 4.69) is 15.3 Å². The fourth-order valence-corrected chi connectivity index (χ4v) is 6.37. The van der Waals surface area contributed by atoms with Crippen molar-refractivity contribution >= 4 is 28.3 Å². The van der Waals surface area contributed by atoms with Crippen molar-refractivity contribution in [3.8, 4) is 5.88 Å². The van der Waals surface area contributed by atoms with Crippen molar-refractivity contribution in [3.63, 3.8) is 0 Å². The molecule has 9 nitrogen and oxygen atoms in total. The Kier molecular flexibility index (Phi) is 9.23. The van der Waals surface area contributed by atoms with Gasteiger partial charge >= 0.3 is 11.7 Å². The SMILES string of the molecule is CCOC(=O)Cc1csc(NC(=O)[C@H](CC2CCCCC2)n2c(O)c(CC3CCCCC3)[nH]c2=O)n1. The third-order valence-electron chi connectivity index (χ3n) is 7.50. The van der Waals surface area contributed by atoms with Crippen LogP contribution in [-0.4, -0.2) is 38.1 Å². The number of ether oxygens (including phenoxy) is 1. The van der Waals surface area contributed by atoms with Crippen molar-refractivity contribution < 1.29 is 19.4 Å². The maximum Gasteiger partial charge on any atom is 0.329 e. The lowest BCUT2D eigenvalue weighted by atomic mass is 9.84. The topological polar surface area (TPSA) is 126 Å². The molecule has 0 unspecified atom stereocenters. The van der Waals surface area contributed by atoms with Gasteiger partial charge in [0.2, 0.25) is 11.8 Å². The van der Waals surface area contributed by atoms with Crippen LogP contribution >= 0.6 is 11.3 Å². The van der Waals surface area contributed by atoms with Crippen molar-refractivity contribution in [2.75, 3.05) is 11.9 Å². The summed E-state index contributed by atoms with van der Waals surface area (Å²) >= 11 is 1.22. The van der Waals surface area contributed by atoms with E-state index in [4.69, 9.17) is 4.74 Å². The molecule has 1 atom stereocenters. The van der Waals surface area contributed by atoms with Crippen molar-refractivity contribution in [1.29, 1.82) is 0 Å². The highest BCUT2D eigenvalue weighted by atomic mass is 32.1. The highest BCUT2D eigenvalue weighted by Gasteiger charge is 2.31. The molecule has 0 aliphatic heterocycles. The third kappa shape index (κ3) is 6.78. The first-order valence-electron chi connectivity index (χ1n) is 13.4. The second kappa shape index (κ2) is 12.6. The number of hydrogen-bond acceptors (Lipinski definition) is 7. The minimum Gasteiger partial charge on any atom is -0.493 e. The molecule has 198 valence electrons. The van der Waals surface area contributed by atoms with Gasteiger partial charge in [-0.1, -0.05) is 64.2 Å². The molecule has 0 saturated heterocycles. The first-order valence-corrected chi connectivity index (χ1v) is 14.3. The average Bonchev–Trinajstić information content (AvgIpc) is 3.41. The van der Waals surface area contributed by atoms with Gasteiger partial charge in [-0.15, -0.1) is 11.3 Å². The number of thiazole rings is 1. The molecule has 0 spiro atoms. The zero-order valence-electron chi connectivity index (χ0n) is 21.1. The summed E-state index contributed by atoms with van der Waals surface area (Å²) in [5.41, 5.74) is 0.602. The van der Waals surface area contributed by atoms with Crippen LogP contribution in [0.4, 0.5) is 5.13 Å². The van der Waals surface area contributed by atoms with E-state index < -0.39 is 11.7 Å². The zero-order valence-corrected chi connectivity index (χ0v) is 21.9. The fraction of sp³-hybridized carbons (Fsp3) is 0.692. The molecular formula is C26H38N4O5S. The number of esters is 1. The van der Waals surface area contributed by atoms with Gasteiger partial charge in [-0.05, 0) is 31.6 Å². The summed E-state index contributed by atoms with van der Waals surface area (Å²) in [5, 5.41) is 16.0. The lowest BCUT2D eigenvalue weighted by Crippen LogP contribution is -2.33. The number of aromatic hydroxyl groups is 1. The Hall–Kier alpha value is -2.62. The number of H-pyrrole nitrogens is 1. The summed E-state index contributed by atoms with van der Waals surface area (Å²) in [4.78, 5) is 45.5. The second-order valence-corrected chi connectivity index (χ2v) is 11.0. The number of aromatic amines is 1. The molecule has 36 heavy (non-hydrogen) atoms. The number of anilines is 1. The predicted molar refractivity (Wildman–Crippen MR) is 138 cm³/mol. The highest BCUT2D eigenvalue weighted by Crippen LogP contribution is 2.34. The normalized spacial score (nSPS) is 18.1. The Bertz CT molecular complexity index is 1080. The second-order valence-electron chi connectivity index (χ2n) is 10.2. The predicted octanol–water partition coefficient (Wildman–Crippen LogP) is 4.72. The number of nitrogens with one attached hydrogen (secondary N) is 2. The van der Waals surface area contributed by atoms with Crippen LogP contribution in [0.1, 0.15) is 95.0 Å². The van der Waals surface area contributed by atoms with Crippen molar-refractivity contribution in [2.45, 2.75) is 96.4 Å². The van der Waals surface area contributed by atoms with Gasteiger partial charge in [-0.2, -0.15) is 0 Å². The fourth-order valence-electron chi connectivity index (χ4n) is 5.66. The highest BCUT2D eigenvalue weighted by molar-refractivity contribution is 7.13. The zero-order chi connectivity index (χ0) is 25.5. The first kappa shape index (κ1) is 26.4. The Morgan fingerprint density at radius 2 is 1.83 bits per heavy atom. The number of imidazole rings is 1. The molecular weight excluding hydrogens is 480 g/mol. The molecule has 0 radical (unpaired) electrons. The number of aromatic nitrogens is 3. The Morgan fingerprint density at radius 1 is 1.17 bits per heavy atom. The molecule has 2 aliphatic rings. The number of nitrogens with zero attached hydrogens (tertiary/aromatic N) is 2. The van der Waals surface area contributed by atoms with E-state index in [9.17, 15) is 19.5 Å². The van der Waals surface area contributed by atoms with E-state index in [-0.39, 0.29) is 24.2 Å². The Morgan fingerprint density at radius 3 is 2.50 bits per heavy atom. The molecule has 0 bridgehead atoms. The van der Waals surface area contributed by atoms with Crippen LogP contribution in [0.2, 0.25) is 0 Å². The van der Waals surface area contributed by atoms with E-state index in [1.807, 2.05) is 0 Å². The first-order chi connectivity index (χ1) is 17.4. The number of carbonyl (C=O) groups excluding carboxylic acids is 2. The summed E-state index contributed by atoms with van der Waals surface area (Å²) in [6.45, 7) is 2.04. The number of rotatable bonds is 10. The molecule has 2 saturated carbocycles. The summed E-state index contributed by atoms with van der Waals surface area (Å²) in [7, 11) is 0. The molecule has 2 aromatic heterocycles. The number of hydrogen-bond donors (Lipinski definition) is 3. The molecule has 2 aromatic rings. The van der Waals surface area contributed by atoms with Crippen LogP contribution in [0.15, 0.2) is 10.2 Å². The van der Waals surface area contributed by atoms with Gasteiger partial charge in [0.15, 0.2) is 5.13 Å². The van der Waals surface area contributed by atoms with Crippen molar-refractivity contribution in [3.05, 3.63) is 27.3 Å². The van der Waals surface area contributed by atoms with Crippen molar-refractivity contribution in [2.24, 2.45) is 11.8 Å². The monoisotopic (exact) mass is 518 g/mol. The van der Waals surface area contributed by atoms with Crippen molar-refractivity contribution in [1.82, 2.24) is 14.5 Å². The maximum atomic E-state index is 13.5. The standard InChI is InChI=1S/C26H38N4O5S/c1-2-35-22(31)15-19-16-36-25(27-19)29-23(32)21(14-18-11-7-4-8-12-18)30-24(33)20(28-26(30)34)13-17-9-5-3-6-10-17/h16-18,21,33H,2-15H2,1H3,(H,28,34)(H,27,29,32)/t21-/m0/s1. The van der Waals surface area contributed by atoms with Crippen LogP contribution in [0, 0.1) is 11.8 Å². The largest absolute Gasteiger partial charge is 0.493 e. The number of amides is 1. The van der Waals surface area contributed by atoms with Crippen LogP contribution in [-0.2, 0) is 27.2 Å². The minimum atomic E-state index is -0.839.